The first-order valence-electron chi connectivity index (χ1n) is 8.72. The van der Waals surface area contributed by atoms with E-state index in [1.807, 2.05) is 48.5 Å². The van der Waals surface area contributed by atoms with E-state index in [-0.39, 0.29) is 12.4 Å². The molecule has 3 aromatic rings. The molecule has 0 aromatic heterocycles. The van der Waals surface area contributed by atoms with E-state index >= 15 is 0 Å². The Balaban J connectivity index is 1.61. The maximum Gasteiger partial charge on any atom is 0.129 e. The van der Waals surface area contributed by atoms with Gasteiger partial charge < -0.3 is 15.2 Å². The molecule has 2 N–H and O–H groups in total. The summed E-state index contributed by atoms with van der Waals surface area (Å²) in [4.78, 5) is 0. The molecule has 0 aliphatic carbocycles. The van der Waals surface area contributed by atoms with Gasteiger partial charge in [-0.3, -0.25) is 0 Å². The summed E-state index contributed by atoms with van der Waals surface area (Å²) in [5, 5.41) is 13.5. The Hall–Kier alpha value is -2.21. The topological polar surface area (TPSA) is 41.5 Å². The summed E-state index contributed by atoms with van der Waals surface area (Å²) in [7, 11) is 0. The van der Waals surface area contributed by atoms with E-state index in [0.29, 0.717) is 24.4 Å². The van der Waals surface area contributed by atoms with Crippen LogP contribution in [0.15, 0.2) is 77.3 Å². The molecule has 3 rings (SSSR count). The standard InChI is InChI=1S/C22H21BrFNO2/c23-19-10-11-22(27-15-17-8-4-5-9-20(17)24)18(12-19)13-25-14-21(26)16-6-2-1-3-7-16/h1-12,21,25-26H,13-15H2/t21-/m1/s1. The number of aliphatic hydroxyl groups is 1. The number of rotatable bonds is 8. The van der Waals surface area contributed by atoms with Crippen LogP contribution in [-0.4, -0.2) is 11.7 Å². The third-order valence-corrected chi connectivity index (χ3v) is 4.69. The van der Waals surface area contributed by atoms with Gasteiger partial charge >= 0.3 is 0 Å². The average Bonchev–Trinajstić information content (AvgIpc) is 2.69. The first-order valence-corrected chi connectivity index (χ1v) is 9.51. The second-order valence-electron chi connectivity index (χ2n) is 6.19. The van der Waals surface area contributed by atoms with Crippen molar-refractivity contribution in [3.8, 4) is 5.75 Å². The monoisotopic (exact) mass is 429 g/mol. The largest absolute Gasteiger partial charge is 0.488 e. The summed E-state index contributed by atoms with van der Waals surface area (Å²) in [6.45, 7) is 1.10. The van der Waals surface area contributed by atoms with E-state index in [1.54, 1.807) is 18.2 Å². The second kappa shape index (κ2) is 9.65. The van der Waals surface area contributed by atoms with E-state index in [2.05, 4.69) is 21.2 Å². The van der Waals surface area contributed by atoms with Crippen LogP contribution in [0.25, 0.3) is 0 Å². The van der Waals surface area contributed by atoms with Crippen LogP contribution in [0, 0.1) is 5.82 Å². The fourth-order valence-corrected chi connectivity index (χ4v) is 3.14. The maximum absolute atomic E-state index is 13.8. The third kappa shape index (κ3) is 5.63. The fraction of sp³-hybridized carbons (Fsp3) is 0.182. The Morgan fingerprint density at radius 1 is 0.963 bits per heavy atom. The highest BCUT2D eigenvalue weighted by molar-refractivity contribution is 9.10. The van der Waals surface area contributed by atoms with Gasteiger partial charge in [0.1, 0.15) is 18.2 Å². The highest BCUT2D eigenvalue weighted by Gasteiger charge is 2.10. The molecule has 1 atom stereocenters. The van der Waals surface area contributed by atoms with Crippen LogP contribution in [0.5, 0.6) is 5.75 Å². The van der Waals surface area contributed by atoms with Crippen molar-refractivity contribution in [3.05, 3.63) is 99.8 Å². The Kier molecular flexibility index (Phi) is 6.98. The van der Waals surface area contributed by atoms with E-state index in [9.17, 15) is 9.50 Å². The molecule has 27 heavy (non-hydrogen) atoms. The summed E-state index contributed by atoms with van der Waals surface area (Å²) >= 11 is 3.47. The molecule has 0 aliphatic rings. The Morgan fingerprint density at radius 3 is 2.48 bits per heavy atom. The number of ether oxygens (including phenoxy) is 1. The van der Waals surface area contributed by atoms with Crippen LogP contribution in [-0.2, 0) is 13.2 Å². The van der Waals surface area contributed by atoms with Gasteiger partial charge in [0.15, 0.2) is 0 Å². The molecule has 140 valence electrons. The first-order chi connectivity index (χ1) is 13.1. The molecule has 5 heteroatoms. The highest BCUT2D eigenvalue weighted by atomic mass is 79.9. The maximum atomic E-state index is 13.8. The molecule has 0 fully saturated rings. The number of aliphatic hydroxyl groups excluding tert-OH is 1. The Labute approximate surface area is 166 Å². The molecule has 3 nitrogen and oxygen atoms in total. The lowest BCUT2D eigenvalue weighted by Gasteiger charge is -2.15. The number of benzene rings is 3. The minimum Gasteiger partial charge on any atom is -0.488 e. The summed E-state index contributed by atoms with van der Waals surface area (Å²) in [6.07, 6.45) is -0.582. The fourth-order valence-electron chi connectivity index (χ4n) is 2.73. The van der Waals surface area contributed by atoms with Crippen LogP contribution < -0.4 is 10.1 Å². The molecular formula is C22H21BrFNO2. The highest BCUT2D eigenvalue weighted by Crippen LogP contribution is 2.25. The van der Waals surface area contributed by atoms with Crippen LogP contribution in [0.4, 0.5) is 4.39 Å². The van der Waals surface area contributed by atoms with Gasteiger partial charge in [0.05, 0.1) is 6.10 Å². The normalized spacial score (nSPS) is 12.0. The van der Waals surface area contributed by atoms with E-state index < -0.39 is 6.10 Å². The van der Waals surface area contributed by atoms with Gasteiger partial charge in [-0.2, -0.15) is 0 Å². The quantitative estimate of drug-likeness (QED) is 0.529. The number of hydrogen-bond donors (Lipinski definition) is 2. The Morgan fingerprint density at radius 2 is 1.70 bits per heavy atom. The summed E-state index contributed by atoms with van der Waals surface area (Å²) in [5.41, 5.74) is 2.31. The van der Waals surface area contributed by atoms with E-state index in [1.165, 1.54) is 6.07 Å². The van der Waals surface area contributed by atoms with Crippen LogP contribution in [0.3, 0.4) is 0 Å². The van der Waals surface area contributed by atoms with Crippen molar-refractivity contribution in [1.29, 1.82) is 0 Å². The van der Waals surface area contributed by atoms with Gasteiger partial charge in [0.2, 0.25) is 0 Å². The predicted molar refractivity (Wildman–Crippen MR) is 108 cm³/mol. The molecule has 0 spiro atoms. The molecule has 0 saturated carbocycles. The zero-order chi connectivity index (χ0) is 19.1. The Bertz CT molecular complexity index is 873. The van der Waals surface area contributed by atoms with Gasteiger partial charge in [-0.05, 0) is 29.8 Å². The second-order valence-corrected chi connectivity index (χ2v) is 7.11. The van der Waals surface area contributed by atoms with Crippen molar-refractivity contribution in [2.45, 2.75) is 19.3 Å². The molecule has 0 bridgehead atoms. The van der Waals surface area contributed by atoms with Gasteiger partial charge in [0.25, 0.3) is 0 Å². The molecule has 0 amide bonds. The summed E-state index contributed by atoms with van der Waals surface area (Å²) in [5.74, 6) is 0.406. The SMILES string of the molecule is O[C@H](CNCc1cc(Br)ccc1OCc1ccccc1F)c1ccccc1. The molecule has 0 aliphatic heterocycles. The zero-order valence-corrected chi connectivity index (χ0v) is 16.3. The predicted octanol–water partition coefficient (Wildman–Crippen LogP) is 4.99. The lowest BCUT2D eigenvalue weighted by molar-refractivity contribution is 0.174. The summed E-state index contributed by atoms with van der Waals surface area (Å²) < 4.78 is 20.6. The van der Waals surface area contributed by atoms with Crippen molar-refractivity contribution in [2.24, 2.45) is 0 Å². The van der Waals surface area contributed by atoms with Crippen molar-refractivity contribution in [1.82, 2.24) is 5.32 Å². The number of halogens is 2. The zero-order valence-electron chi connectivity index (χ0n) is 14.7. The van der Waals surface area contributed by atoms with Gasteiger partial charge in [-0.25, -0.2) is 4.39 Å². The van der Waals surface area contributed by atoms with Gasteiger partial charge in [0, 0.05) is 28.7 Å². The minimum absolute atomic E-state index is 0.161. The molecule has 3 aromatic carbocycles. The molecule has 0 radical (unpaired) electrons. The van der Waals surface area contributed by atoms with Crippen molar-refractivity contribution >= 4 is 15.9 Å². The first kappa shape index (κ1) is 19.5. The third-order valence-electron chi connectivity index (χ3n) is 4.20. The van der Waals surface area contributed by atoms with Crippen LogP contribution in [0.2, 0.25) is 0 Å². The number of hydrogen-bond acceptors (Lipinski definition) is 3. The smallest absolute Gasteiger partial charge is 0.129 e. The molecule has 0 heterocycles. The van der Waals surface area contributed by atoms with Crippen molar-refractivity contribution < 1.29 is 14.2 Å². The van der Waals surface area contributed by atoms with E-state index in [0.717, 1.165) is 15.6 Å². The summed E-state index contributed by atoms with van der Waals surface area (Å²) in [6, 6.07) is 21.8. The molecule has 0 unspecified atom stereocenters. The lowest BCUT2D eigenvalue weighted by atomic mass is 10.1. The molecule has 0 saturated heterocycles. The van der Waals surface area contributed by atoms with Crippen LogP contribution in [0.1, 0.15) is 22.8 Å². The van der Waals surface area contributed by atoms with Crippen LogP contribution >= 0.6 is 15.9 Å². The van der Waals surface area contributed by atoms with Gasteiger partial charge in [-0.15, -0.1) is 0 Å². The van der Waals surface area contributed by atoms with Crippen molar-refractivity contribution in [3.63, 3.8) is 0 Å². The minimum atomic E-state index is -0.582. The van der Waals surface area contributed by atoms with Gasteiger partial charge in [-0.1, -0.05) is 64.5 Å². The van der Waals surface area contributed by atoms with Crippen molar-refractivity contribution in [2.75, 3.05) is 6.54 Å². The lowest BCUT2D eigenvalue weighted by Crippen LogP contribution is -2.21. The molecular weight excluding hydrogens is 409 g/mol. The average molecular weight is 430 g/mol. The number of nitrogens with one attached hydrogen (secondary N) is 1. The van der Waals surface area contributed by atoms with E-state index in [4.69, 9.17) is 4.74 Å².